The second-order valence-corrected chi connectivity index (χ2v) is 3.90. The molecule has 0 aliphatic carbocycles. The molecule has 17 heavy (non-hydrogen) atoms. The molecule has 1 N–H and O–H groups in total. The van der Waals surface area contributed by atoms with Gasteiger partial charge in [0.1, 0.15) is 12.0 Å². The lowest BCUT2D eigenvalue weighted by Crippen LogP contribution is -2.14. The van der Waals surface area contributed by atoms with Crippen molar-refractivity contribution >= 4 is 0 Å². The summed E-state index contributed by atoms with van der Waals surface area (Å²) in [5.74, 6) is 2.05. The fraction of sp³-hybridized carbons (Fsp3) is 0.500. The van der Waals surface area contributed by atoms with Gasteiger partial charge in [0, 0.05) is 6.42 Å². The van der Waals surface area contributed by atoms with Crippen molar-refractivity contribution in [3.8, 4) is 11.5 Å². The molecule has 5 nitrogen and oxygen atoms in total. The number of hydrogen-bond acceptors (Lipinski definition) is 5. The number of nitrogens with zero attached hydrogens (tertiary/aromatic N) is 2. The van der Waals surface area contributed by atoms with Gasteiger partial charge in [-0.15, -0.1) is 10.2 Å². The van der Waals surface area contributed by atoms with Crippen LogP contribution in [0.25, 0.3) is 11.5 Å². The number of aromatic nitrogens is 2. The second kappa shape index (κ2) is 5.63. The van der Waals surface area contributed by atoms with E-state index in [0.29, 0.717) is 11.8 Å². The normalized spacial score (nSPS) is 10.9. The van der Waals surface area contributed by atoms with E-state index in [1.165, 1.54) is 0 Å². The molecule has 0 bridgehead atoms. The van der Waals surface area contributed by atoms with Crippen LogP contribution in [-0.2, 0) is 6.42 Å². The average molecular weight is 235 g/mol. The van der Waals surface area contributed by atoms with Gasteiger partial charge in [0.25, 0.3) is 5.89 Å². The van der Waals surface area contributed by atoms with Crippen LogP contribution in [0.15, 0.2) is 21.2 Å². The van der Waals surface area contributed by atoms with E-state index in [9.17, 15) is 0 Å². The van der Waals surface area contributed by atoms with Gasteiger partial charge in [-0.1, -0.05) is 6.92 Å². The first kappa shape index (κ1) is 11.9. The monoisotopic (exact) mass is 235 g/mol. The lowest BCUT2D eigenvalue weighted by atomic mass is 10.3. The van der Waals surface area contributed by atoms with Crippen molar-refractivity contribution in [2.45, 2.75) is 26.7 Å². The summed E-state index contributed by atoms with van der Waals surface area (Å²) in [4.78, 5) is 0. The lowest BCUT2D eigenvalue weighted by Gasteiger charge is -1.97. The van der Waals surface area contributed by atoms with Gasteiger partial charge in [-0.25, -0.2) is 0 Å². The summed E-state index contributed by atoms with van der Waals surface area (Å²) in [6.07, 6.45) is 3.43. The Kier molecular flexibility index (Phi) is 3.93. The summed E-state index contributed by atoms with van der Waals surface area (Å²) in [7, 11) is 0. The molecule has 0 saturated carbocycles. The summed E-state index contributed by atoms with van der Waals surface area (Å²) >= 11 is 0. The van der Waals surface area contributed by atoms with E-state index in [1.807, 2.05) is 13.0 Å². The highest BCUT2D eigenvalue weighted by Gasteiger charge is 2.10. The third kappa shape index (κ3) is 3.17. The van der Waals surface area contributed by atoms with Crippen LogP contribution in [0, 0.1) is 6.92 Å². The predicted octanol–water partition coefficient (Wildman–Crippen LogP) is 2.18. The maximum absolute atomic E-state index is 5.55. The van der Waals surface area contributed by atoms with Crippen LogP contribution in [0.5, 0.6) is 0 Å². The molecule has 2 aromatic rings. The average Bonchev–Trinajstić information content (AvgIpc) is 2.93. The molecule has 2 rings (SSSR count). The largest absolute Gasteiger partial charge is 0.469 e. The van der Waals surface area contributed by atoms with E-state index in [4.69, 9.17) is 8.83 Å². The topological polar surface area (TPSA) is 64.1 Å². The zero-order chi connectivity index (χ0) is 12.1. The van der Waals surface area contributed by atoms with Crippen LogP contribution in [0.1, 0.15) is 25.0 Å². The van der Waals surface area contributed by atoms with Gasteiger partial charge >= 0.3 is 0 Å². The van der Waals surface area contributed by atoms with E-state index in [-0.39, 0.29) is 0 Å². The minimum Gasteiger partial charge on any atom is -0.469 e. The van der Waals surface area contributed by atoms with Crippen LogP contribution in [0.3, 0.4) is 0 Å². The Morgan fingerprint density at radius 2 is 2.24 bits per heavy atom. The van der Waals surface area contributed by atoms with E-state index in [1.54, 1.807) is 6.26 Å². The molecule has 0 atom stereocenters. The van der Waals surface area contributed by atoms with Crippen molar-refractivity contribution in [3.63, 3.8) is 0 Å². The first-order chi connectivity index (χ1) is 8.29. The minimum atomic E-state index is 0.528. The van der Waals surface area contributed by atoms with Crippen LogP contribution in [0.4, 0.5) is 0 Å². The Hall–Kier alpha value is -1.62. The van der Waals surface area contributed by atoms with Crippen molar-refractivity contribution in [2.24, 2.45) is 0 Å². The third-order valence-electron chi connectivity index (χ3n) is 2.44. The molecule has 0 aliphatic heterocycles. The maximum atomic E-state index is 5.55. The van der Waals surface area contributed by atoms with Gasteiger partial charge in [-0.05, 0) is 32.5 Å². The molecule has 2 aromatic heterocycles. The first-order valence-electron chi connectivity index (χ1n) is 5.88. The van der Waals surface area contributed by atoms with E-state index >= 15 is 0 Å². The quantitative estimate of drug-likeness (QED) is 0.777. The standard InChI is InChI=1S/C12H17N3O2/c1-3-13-6-4-5-11-14-15-12(17-11)10-7-9(2)16-8-10/h7-8,13H,3-6H2,1-2H3. The molecule has 0 radical (unpaired) electrons. The number of nitrogens with one attached hydrogen (secondary N) is 1. The van der Waals surface area contributed by atoms with Crippen LogP contribution < -0.4 is 5.32 Å². The summed E-state index contributed by atoms with van der Waals surface area (Å²) in [6.45, 7) is 5.94. The Morgan fingerprint density at radius 3 is 2.94 bits per heavy atom. The van der Waals surface area contributed by atoms with Gasteiger partial charge in [0.05, 0.1) is 5.56 Å². The molecule has 0 saturated heterocycles. The molecule has 0 unspecified atom stereocenters. The molecular weight excluding hydrogens is 218 g/mol. The SMILES string of the molecule is CCNCCCc1nnc(-c2coc(C)c2)o1. The van der Waals surface area contributed by atoms with Crippen molar-refractivity contribution in [1.29, 1.82) is 0 Å². The van der Waals surface area contributed by atoms with Crippen LogP contribution in [-0.4, -0.2) is 23.3 Å². The molecule has 0 aliphatic rings. The second-order valence-electron chi connectivity index (χ2n) is 3.90. The molecule has 0 spiro atoms. The summed E-state index contributed by atoms with van der Waals surface area (Å²) in [6, 6.07) is 1.88. The summed E-state index contributed by atoms with van der Waals surface area (Å²) < 4.78 is 10.8. The zero-order valence-corrected chi connectivity index (χ0v) is 10.2. The van der Waals surface area contributed by atoms with Crippen LogP contribution >= 0.6 is 0 Å². The molecule has 0 amide bonds. The lowest BCUT2D eigenvalue weighted by molar-refractivity contribution is 0.490. The Balaban J connectivity index is 1.92. The van der Waals surface area contributed by atoms with Crippen molar-refractivity contribution < 1.29 is 8.83 Å². The molecule has 2 heterocycles. The summed E-state index contributed by atoms with van der Waals surface area (Å²) in [5.41, 5.74) is 0.841. The van der Waals surface area contributed by atoms with Crippen molar-refractivity contribution in [2.75, 3.05) is 13.1 Å². The molecule has 5 heteroatoms. The van der Waals surface area contributed by atoms with Gasteiger partial charge in [0.15, 0.2) is 0 Å². The maximum Gasteiger partial charge on any atom is 0.250 e. The van der Waals surface area contributed by atoms with Crippen molar-refractivity contribution in [3.05, 3.63) is 24.0 Å². The molecule has 0 fully saturated rings. The fourth-order valence-corrected chi connectivity index (χ4v) is 1.57. The summed E-state index contributed by atoms with van der Waals surface area (Å²) in [5, 5.41) is 11.3. The van der Waals surface area contributed by atoms with Gasteiger partial charge in [0.2, 0.25) is 5.89 Å². The van der Waals surface area contributed by atoms with Crippen LogP contribution in [0.2, 0.25) is 0 Å². The van der Waals surface area contributed by atoms with Gasteiger partial charge in [-0.3, -0.25) is 0 Å². The zero-order valence-electron chi connectivity index (χ0n) is 10.2. The predicted molar refractivity (Wildman–Crippen MR) is 63.6 cm³/mol. The first-order valence-corrected chi connectivity index (χ1v) is 5.88. The highest BCUT2D eigenvalue weighted by molar-refractivity contribution is 5.50. The van der Waals surface area contributed by atoms with Gasteiger partial charge < -0.3 is 14.2 Å². The highest BCUT2D eigenvalue weighted by Crippen LogP contribution is 2.20. The van der Waals surface area contributed by atoms with E-state index < -0.39 is 0 Å². The van der Waals surface area contributed by atoms with Crippen molar-refractivity contribution in [1.82, 2.24) is 15.5 Å². The number of hydrogen-bond donors (Lipinski definition) is 1. The fourth-order valence-electron chi connectivity index (χ4n) is 1.57. The number of rotatable bonds is 6. The molecule has 92 valence electrons. The number of furan rings is 1. The molecule has 0 aromatic carbocycles. The van der Waals surface area contributed by atoms with E-state index in [0.717, 1.165) is 37.3 Å². The smallest absolute Gasteiger partial charge is 0.250 e. The van der Waals surface area contributed by atoms with Gasteiger partial charge in [-0.2, -0.15) is 0 Å². The highest BCUT2D eigenvalue weighted by atomic mass is 16.4. The third-order valence-corrected chi connectivity index (χ3v) is 2.44. The number of aryl methyl sites for hydroxylation is 2. The Labute approximate surface area is 100 Å². The molecular formula is C12H17N3O2. The Bertz CT molecular complexity index is 462. The minimum absolute atomic E-state index is 0.528. The van der Waals surface area contributed by atoms with E-state index in [2.05, 4.69) is 22.4 Å². The Morgan fingerprint density at radius 1 is 1.35 bits per heavy atom.